The summed E-state index contributed by atoms with van der Waals surface area (Å²) >= 11 is 0. The highest BCUT2D eigenvalue weighted by molar-refractivity contribution is 5.78. The number of hydrogen-bond donors (Lipinski definition) is 2. The van der Waals surface area contributed by atoms with Gasteiger partial charge in [-0.05, 0) is 43.5 Å². The molecule has 3 saturated heterocycles. The minimum atomic E-state index is -0.789. The molecule has 3 aliphatic rings. The number of benzene rings is 1. The minimum absolute atomic E-state index is 0.0139. The predicted molar refractivity (Wildman–Crippen MR) is 124 cm³/mol. The normalized spacial score (nSPS) is 25.4. The van der Waals surface area contributed by atoms with Crippen molar-refractivity contribution < 1.29 is 19.1 Å². The van der Waals surface area contributed by atoms with Crippen molar-refractivity contribution in [3.8, 4) is 0 Å². The van der Waals surface area contributed by atoms with E-state index < -0.39 is 5.60 Å². The molecule has 0 aliphatic carbocycles. The minimum Gasteiger partial charge on any atom is -0.387 e. The number of rotatable bonds is 6. The topological polar surface area (TPSA) is 79.4 Å². The lowest BCUT2D eigenvalue weighted by Gasteiger charge is -2.37. The molecule has 0 spiro atoms. The first-order chi connectivity index (χ1) is 15.8. The number of aliphatic hydroxyl groups is 1. The number of anilines is 1. The Bertz CT molecular complexity index is 822. The van der Waals surface area contributed by atoms with Crippen LogP contribution in [0.4, 0.5) is 10.1 Å². The molecule has 0 saturated carbocycles. The van der Waals surface area contributed by atoms with Crippen LogP contribution in [0, 0.1) is 5.82 Å². The van der Waals surface area contributed by atoms with Crippen molar-refractivity contribution in [2.24, 2.45) is 0 Å². The number of nitrogens with one attached hydrogen (secondary N) is 1. The smallest absolute Gasteiger partial charge is 0.236 e. The average Bonchev–Trinajstić information content (AvgIpc) is 3.15. The van der Waals surface area contributed by atoms with Gasteiger partial charge < -0.3 is 25.1 Å². The van der Waals surface area contributed by atoms with Crippen molar-refractivity contribution in [2.75, 3.05) is 70.3 Å². The van der Waals surface area contributed by atoms with Gasteiger partial charge >= 0.3 is 0 Å². The van der Waals surface area contributed by atoms with E-state index >= 15 is 0 Å². The van der Waals surface area contributed by atoms with Crippen LogP contribution in [0.25, 0.3) is 0 Å². The zero-order chi connectivity index (χ0) is 23.4. The second kappa shape index (κ2) is 10.4. The number of halogens is 1. The van der Waals surface area contributed by atoms with E-state index in [1.165, 1.54) is 12.1 Å². The molecule has 1 aromatic carbocycles. The number of β-amino-alcohol motifs (C(OH)–C–C–N with tert-alkyl or cyclic N) is 1. The molecular weight excluding hydrogens is 425 g/mol. The van der Waals surface area contributed by atoms with Crippen molar-refractivity contribution in [2.45, 2.75) is 37.8 Å². The number of likely N-dealkylation sites (tertiary alicyclic amines) is 2. The maximum atomic E-state index is 13.1. The zero-order valence-corrected chi connectivity index (χ0v) is 19.5. The summed E-state index contributed by atoms with van der Waals surface area (Å²) in [7, 11) is 0. The molecule has 2 amide bonds. The molecule has 9 heteroatoms. The highest BCUT2D eigenvalue weighted by Gasteiger charge is 2.39. The summed E-state index contributed by atoms with van der Waals surface area (Å²) in [5, 5.41) is 14.1. The summed E-state index contributed by atoms with van der Waals surface area (Å²) in [4.78, 5) is 32.5. The number of hydrogen-bond acceptors (Lipinski definition) is 6. The van der Waals surface area contributed by atoms with Crippen LogP contribution >= 0.6 is 0 Å². The van der Waals surface area contributed by atoms with Crippen LogP contribution in [-0.4, -0.2) is 109 Å². The number of carbonyl (C=O) groups excluding carboxylic acids is 2. The lowest BCUT2D eigenvalue weighted by molar-refractivity contribution is -0.132. The molecule has 8 nitrogen and oxygen atoms in total. The predicted octanol–water partition coefficient (Wildman–Crippen LogP) is 0.512. The van der Waals surface area contributed by atoms with Gasteiger partial charge in [0.2, 0.25) is 11.8 Å². The summed E-state index contributed by atoms with van der Waals surface area (Å²) in [5.74, 6) is -0.123. The van der Waals surface area contributed by atoms with Crippen molar-refractivity contribution in [1.29, 1.82) is 0 Å². The van der Waals surface area contributed by atoms with Gasteiger partial charge in [0.15, 0.2) is 0 Å². The quantitative estimate of drug-likeness (QED) is 0.643. The van der Waals surface area contributed by atoms with E-state index in [4.69, 9.17) is 0 Å². The zero-order valence-electron chi connectivity index (χ0n) is 19.5. The first-order valence-electron chi connectivity index (χ1n) is 12.0. The molecule has 0 unspecified atom stereocenters. The molecular formula is C24H36FN5O3. The Morgan fingerprint density at radius 3 is 2.33 bits per heavy atom. The van der Waals surface area contributed by atoms with Gasteiger partial charge in [-0.2, -0.15) is 0 Å². The molecule has 4 rings (SSSR count). The third-order valence-corrected chi connectivity index (χ3v) is 7.11. The third-order valence-electron chi connectivity index (χ3n) is 7.11. The Kier molecular flexibility index (Phi) is 7.51. The number of piperazine rings is 1. The fourth-order valence-corrected chi connectivity index (χ4v) is 5.30. The summed E-state index contributed by atoms with van der Waals surface area (Å²) in [6.07, 6.45) is 2.48. The number of carbonyl (C=O) groups is 2. The van der Waals surface area contributed by atoms with Crippen LogP contribution in [0.5, 0.6) is 0 Å². The molecule has 1 atom stereocenters. The van der Waals surface area contributed by atoms with Crippen LogP contribution in [-0.2, 0) is 9.59 Å². The Morgan fingerprint density at radius 2 is 1.70 bits per heavy atom. The second-order valence-corrected chi connectivity index (χ2v) is 9.78. The van der Waals surface area contributed by atoms with Gasteiger partial charge in [-0.15, -0.1) is 0 Å². The molecule has 33 heavy (non-hydrogen) atoms. The van der Waals surface area contributed by atoms with Crippen LogP contribution in [0.2, 0.25) is 0 Å². The third kappa shape index (κ3) is 6.43. The maximum Gasteiger partial charge on any atom is 0.236 e. The summed E-state index contributed by atoms with van der Waals surface area (Å²) in [5.41, 5.74) is 0.191. The van der Waals surface area contributed by atoms with E-state index in [1.54, 1.807) is 19.1 Å². The molecule has 0 bridgehead atoms. The van der Waals surface area contributed by atoms with Crippen molar-refractivity contribution >= 4 is 17.5 Å². The van der Waals surface area contributed by atoms with Gasteiger partial charge in [-0.1, -0.05) is 0 Å². The number of nitrogens with zero attached hydrogens (tertiary/aromatic N) is 4. The van der Waals surface area contributed by atoms with E-state index in [1.807, 2.05) is 4.90 Å². The van der Waals surface area contributed by atoms with Gasteiger partial charge in [0.25, 0.3) is 0 Å². The largest absolute Gasteiger partial charge is 0.387 e. The van der Waals surface area contributed by atoms with Gasteiger partial charge in [0, 0.05) is 77.6 Å². The Morgan fingerprint density at radius 1 is 1.03 bits per heavy atom. The van der Waals surface area contributed by atoms with Gasteiger partial charge in [0.1, 0.15) is 5.82 Å². The Balaban J connectivity index is 1.19. The van der Waals surface area contributed by atoms with Crippen molar-refractivity contribution in [3.63, 3.8) is 0 Å². The lowest BCUT2D eigenvalue weighted by atomic mass is 9.99. The molecule has 0 aromatic heterocycles. The summed E-state index contributed by atoms with van der Waals surface area (Å²) in [6.45, 7) is 8.23. The molecule has 182 valence electrons. The van der Waals surface area contributed by atoms with Crippen LogP contribution < -0.4 is 10.2 Å². The molecule has 0 radical (unpaired) electrons. The van der Waals surface area contributed by atoms with E-state index in [-0.39, 0.29) is 23.7 Å². The standard InChI is InChI=1S/C24H36FN5O3/c1-19(31)26-21-6-9-27(10-7-21)17-24(33)8-11-28(18-24)16-23(32)30-14-12-29(13-15-30)22-4-2-20(25)3-5-22/h2-5,21,33H,6-18H2,1H3,(H,26,31)/t24-/m0/s1. The Labute approximate surface area is 195 Å². The highest BCUT2D eigenvalue weighted by atomic mass is 19.1. The van der Waals surface area contributed by atoms with Gasteiger partial charge in [-0.3, -0.25) is 14.5 Å². The van der Waals surface area contributed by atoms with Gasteiger partial charge in [-0.25, -0.2) is 4.39 Å². The highest BCUT2D eigenvalue weighted by Crippen LogP contribution is 2.24. The fourth-order valence-electron chi connectivity index (χ4n) is 5.30. The average molecular weight is 462 g/mol. The van der Waals surface area contributed by atoms with Crippen molar-refractivity contribution in [3.05, 3.63) is 30.1 Å². The van der Waals surface area contributed by atoms with Crippen LogP contribution in [0.3, 0.4) is 0 Å². The van der Waals surface area contributed by atoms with Crippen LogP contribution in [0.1, 0.15) is 26.2 Å². The summed E-state index contributed by atoms with van der Waals surface area (Å²) < 4.78 is 13.1. The first kappa shape index (κ1) is 23.9. The van der Waals surface area contributed by atoms with E-state index in [9.17, 15) is 19.1 Å². The summed E-state index contributed by atoms with van der Waals surface area (Å²) in [6, 6.07) is 6.72. The lowest BCUT2D eigenvalue weighted by Crippen LogP contribution is -2.52. The van der Waals surface area contributed by atoms with Crippen molar-refractivity contribution in [1.82, 2.24) is 20.0 Å². The van der Waals surface area contributed by atoms with Crippen LogP contribution in [0.15, 0.2) is 24.3 Å². The maximum absolute atomic E-state index is 13.1. The van der Waals surface area contributed by atoms with E-state index in [0.29, 0.717) is 39.1 Å². The van der Waals surface area contributed by atoms with Gasteiger partial charge in [0.05, 0.1) is 12.1 Å². The molecule has 3 fully saturated rings. The van der Waals surface area contributed by atoms with E-state index in [2.05, 4.69) is 20.0 Å². The monoisotopic (exact) mass is 461 g/mol. The fraction of sp³-hybridized carbons (Fsp3) is 0.667. The molecule has 2 N–H and O–H groups in total. The molecule has 1 aromatic rings. The molecule has 3 aliphatic heterocycles. The SMILES string of the molecule is CC(=O)NC1CCN(C[C@@]2(O)CCN(CC(=O)N3CCN(c4ccc(F)cc4)CC3)C2)CC1. The van der Waals surface area contributed by atoms with E-state index in [0.717, 1.165) is 51.3 Å². The second-order valence-electron chi connectivity index (χ2n) is 9.78. The number of amides is 2. The molecule has 3 heterocycles. The first-order valence-corrected chi connectivity index (χ1v) is 12.0. The Hall–Kier alpha value is -2.23. The number of piperidine rings is 1.